The summed E-state index contributed by atoms with van der Waals surface area (Å²) >= 11 is 0. The molecule has 0 spiro atoms. The van der Waals surface area contributed by atoms with E-state index in [1.54, 1.807) is 18.2 Å². The Labute approximate surface area is 124 Å². The van der Waals surface area contributed by atoms with Gasteiger partial charge in [-0.2, -0.15) is 5.10 Å². The van der Waals surface area contributed by atoms with Crippen LogP contribution in [-0.4, -0.2) is 48.4 Å². The van der Waals surface area contributed by atoms with Crippen LogP contribution in [0.25, 0.3) is 0 Å². The van der Waals surface area contributed by atoms with Crippen molar-refractivity contribution >= 4 is 12.1 Å². The second-order valence-corrected chi connectivity index (χ2v) is 4.90. The molecule has 0 aromatic heterocycles. The maximum Gasteiger partial charge on any atom is 0.254 e. The van der Waals surface area contributed by atoms with Crippen molar-refractivity contribution in [2.45, 2.75) is 19.8 Å². The van der Waals surface area contributed by atoms with E-state index < -0.39 is 0 Å². The Balaban J connectivity index is 1.88. The standard InChI is InChI=1S/C15H21N3O3/c1-2-21-13-7-5-6-12(15(13)20)10-16-17-14(19)11-18-8-3-4-9-18/h5-7,10,20H,2-4,8-9,11H2,1H3,(H,17,19). The topological polar surface area (TPSA) is 74.2 Å². The van der Waals surface area contributed by atoms with Crippen LogP contribution in [0, 0.1) is 0 Å². The van der Waals surface area contributed by atoms with Gasteiger partial charge in [-0.25, -0.2) is 5.43 Å². The number of likely N-dealkylation sites (tertiary alicyclic amines) is 1. The van der Waals surface area contributed by atoms with E-state index in [1.165, 1.54) is 6.21 Å². The van der Waals surface area contributed by atoms with Crippen molar-refractivity contribution in [2.24, 2.45) is 5.10 Å². The van der Waals surface area contributed by atoms with E-state index in [0.717, 1.165) is 25.9 Å². The third-order valence-electron chi connectivity index (χ3n) is 3.29. The van der Waals surface area contributed by atoms with Gasteiger partial charge < -0.3 is 9.84 Å². The van der Waals surface area contributed by atoms with E-state index in [2.05, 4.69) is 15.4 Å². The molecule has 0 radical (unpaired) electrons. The summed E-state index contributed by atoms with van der Waals surface area (Å²) in [6, 6.07) is 5.15. The molecule has 1 aliphatic heterocycles. The fourth-order valence-electron chi connectivity index (χ4n) is 2.27. The molecule has 6 nitrogen and oxygen atoms in total. The van der Waals surface area contributed by atoms with Gasteiger partial charge in [-0.1, -0.05) is 6.07 Å². The first kappa shape index (κ1) is 15.3. The molecule has 21 heavy (non-hydrogen) atoms. The highest BCUT2D eigenvalue weighted by atomic mass is 16.5. The molecule has 1 aliphatic rings. The lowest BCUT2D eigenvalue weighted by molar-refractivity contribution is -0.121. The fraction of sp³-hybridized carbons (Fsp3) is 0.467. The molecule has 1 saturated heterocycles. The fourth-order valence-corrected chi connectivity index (χ4v) is 2.27. The average molecular weight is 291 g/mol. The lowest BCUT2D eigenvalue weighted by atomic mass is 10.2. The number of hydrogen-bond acceptors (Lipinski definition) is 5. The van der Waals surface area contributed by atoms with Gasteiger partial charge in [-0.3, -0.25) is 9.69 Å². The summed E-state index contributed by atoms with van der Waals surface area (Å²) in [6.45, 7) is 4.62. The van der Waals surface area contributed by atoms with Crippen molar-refractivity contribution in [1.82, 2.24) is 10.3 Å². The molecular formula is C15H21N3O3. The summed E-state index contributed by atoms with van der Waals surface area (Å²) in [5.41, 5.74) is 2.98. The Morgan fingerprint density at radius 3 is 2.95 bits per heavy atom. The van der Waals surface area contributed by atoms with E-state index in [9.17, 15) is 9.90 Å². The Morgan fingerprint density at radius 2 is 2.24 bits per heavy atom. The molecule has 0 bridgehead atoms. The van der Waals surface area contributed by atoms with Gasteiger partial charge in [0.15, 0.2) is 11.5 Å². The summed E-state index contributed by atoms with van der Waals surface area (Å²) < 4.78 is 5.29. The highest BCUT2D eigenvalue weighted by Crippen LogP contribution is 2.28. The number of nitrogens with one attached hydrogen (secondary N) is 1. The van der Waals surface area contributed by atoms with Crippen LogP contribution in [0.1, 0.15) is 25.3 Å². The van der Waals surface area contributed by atoms with Crippen molar-refractivity contribution in [3.63, 3.8) is 0 Å². The molecular weight excluding hydrogens is 270 g/mol. The minimum Gasteiger partial charge on any atom is -0.504 e. The molecule has 0 unspecified atom stereocenters. The number of nitrogens with zero attached hydrogens (tertiary/aromatic N) is 2. The average Bonchev–Trinajstić information content (AvgIpc) is 2.96. The summed E-state index contributed by atoms with van der Waals surface area (Å²) in [7, 11) is 0. The molecule has 2 N–H and O–H groups in total. The summed E-state index contributed by atoms with van der Waals surface area (Å²) in [5.74, 6) is 0.287. The minimum absolute atomic E-state index is 0.0249. The first-order valence-corrected chi connectivity index (χ1v) is 7.19. The maximum atomic E-state index is 11.7. The predicted octanol–water partition coefficient (Wildman–Crippen LogP) is 1.34. The van der Waals surface area contributed by atoms with Crippen molar-refractivity contribution < 1.29 is 14.6 Å². The molecule has 1 aromatic rings. The van der Waals surface area contributed by atoms with Gasteiger partial charge in [-0.15, -0.1) is 0 Å². The second-order valence-electron chi connectivity index (χ2n) is 4.90. The van der Waals surface area contributed by atoms with Crippen LogP contribution < -0.4 is 10.2 Å². The molecule has 6 heteroatoms. The van der Waals surface area contributed by atoms with Gasteiger partial charge in [0.05, 0.1) is 19.4 Å². The molecule has 0 saturated carbocycles. The van der Waals surface area contributed by atoms with E-state index in [0.29, 0.717) is 24.5 Å². The van der Waals surface area contributed by atoms with Crippen LogP contribution in [-0.2, 0) is 4.79 Å². The SMILES string of the molecule is CCOc1cccc(C=NNC(=O)CN2CCCC2)c1O. The van der Waals surface area contributed by atoms with Crippen molar-refractivity contribution in [3.05, 3.63) is 23.8 Å². The van der Waals surface area contributed by atoms with Gasteiger partial charge in [0.2, 0.25) is 0 Å². The largest absolute Gasteiger partial charge is 0.504 e. The third kappa shape index (κ3) is 4.46. The van der Waals surface area contributed by atoms with Crippen LogP contribution in [0.15, 0.2) is 23.3 Å². The highest BCUT2D eigenvalue weighted by molar-refractivity contribution is 5.86. The zero-order valence-corrected chi connectivity index (χ0v) is 12.2. The minimum atomic E-state index is -0.145. The lowest BCUT2D eigenvalue weighted by Gasteiger charge is -2.12. The number of hydrogen-bond donors (Lipinski definition) is 2. The molecule has 114 valence electrons. The normalized spacial score (nSPS) is 15.5. The van der Waals surface area contributed by atoms with Gasteiger partial charge in [0.25, 0.3) is 5.91 Å². The highest BCUT2D eigenvalue weighted by Gasteiger charge is 2.14. The summed E-state index contributed by atoms with van der Waals surface area (Å²) in [6.07, 6.45) is 3.71. The first-order chi connectivity index (χ1) is 10.2. The Bertz CT molecular complexity index is 511. The van der Waals surface area contributed by atoms with E-state index in [1.807, 2.05) is 6.92 Å². The van der Waals surface area contributed by atoms with Gasteiger partial charge in [0, 0.05) is 5.56 Å². The van der Waals surface area contributed by atoms with Gasteiger partial charge in [0.1, 0.15) is 0 Å². The number of benzene rings is 1. The van der Waals surface area contributed by atoms with Crippen LogP contribution >= 0.6 is 0 Å². The zero-order valence-electron chi connectivity index (χ0n) is 12.2. The third-order valence-corrected chi connectivity index (χ3v) is 3.29. The van der Waals surface area contributed by atoms with Crippen LogP contribution in [0.2, 0.25) is 0 Å². The second kappa shape index (κ2) is 7.64. The van der Waals surface area contributed by atoms with Gasteiger partial charge in [-0.05, 0) is 45.0 Å². The van der Waals surface area contributed by atoms with Crippen molar-refractivity contribution in [1.29, 1.82) is 0 Å². The smallest absolute Gasteiger partial charge is 0.254 e. The van der Waals surface area contributed by atoms with Crippen molar-refractivity contribution in [3.8, 4) is 11.5 Å². The number of hydrazone groups is 1. The Morgan fingerprint density at radius 1 is 1.48 bits per heavy atom. The van der Waals surface area contributed by atoms with E-state index in [-0.39, 0.29) is 11.7 Å². The molecule has 2 rings (SSSR count). The van der Waals surface area contributed by atoms with E-state index >= 15 is 0 Å². The van der Waals surface area contributed by atoms with Gasteiger partial charge >= 0.3 is 0 Å². The molecule has 0 aliphatic carbocycles. The lowest BCUT2D eigenvalue weighted by Crippen LogP contribution is -2.33. The van der Waals surface area contributed by atoms with Crippen LogP contribution in [0.4, 0.5) is 0 Å². The number of phenols is 1. The number of rotatable bonds is 6. The molecule has 0 atom stereocenters. The number of amides is 1. The number of aromatic hydroxyl groups is 1. The molecule has 1 aromatic carbocycles. The summed E-state index contributed by atoms with van der Waals surface area (Å²) in [4.78, 5) is 13.8. The van der Waals surface area contributed by atoms with Crippen LogP contribution in [0.3, 0.4) is 0 Å². The van der Waals surface area contributed by atoms with E-state index in [4.69, 9.17) is 4.74 Å². The molecule has 1 heterocycles. The van der Waals surface area contributed by atoms with Crippen LogP contribution in [0.5, 0.6) is 11.5 Å². The monoisotopic (exact) mass is 291 g/mol. The quantitative estimate of drug-likeness (QED) is 0.612. The number of carbonyl (C=O) groups is 1. The molecule has 1 fully saturated rings. The number of para-hydroxylation sites is 1. The Kier molecular flexibility index (Phi) is 5.57. The van der Waals surface area contributed by atoms with Crippen molar-refractivity contribution in [2.75, 3.05) is 26.2 Å². The summed E-state index contributed by atoms with van der Waals surface area (Å²) in [5, 5.41) is 13.9. The number of phenolic OH excluding ortho intramolecular Hbond substituents is 1. The number of carbonyl (C=O) groups excluding carboxylic acids is 1. The maximum absolute atomic E-state index is 11.7. The first-order valence-electron chi connectivity index (χ1n) is 7.19. The Hall–Kier alpha value is -2.08. The zero-order chi connectivity index (χ0) is 15.1. The number of ether oxygens (including phenoxy) is 1. The molecule has 1 amide bonds. The predicted molar refractivity (Wildman–Crippen MR) is 80.7 cm³/mol.